The Kier molecular flexibility index (Phi) is 4.09. The van der Waals surface area contributed by atoms with Crippen molar-refractivity contribution in [2.45, 2.75) is 19.4 Å². The molecule has 1 atom stereocenters. The van der Waals surface area contributed by atoms with Crippen LogP contribution in [0.2, 0.25) is 0 Å². The summed E-state index contributed by atoms with van der Waals surface area (Å²) in [7, 11) is 2.16. The summed E-state index contributed by atoms with van der Waals surface area (Å²) >= 11 is 4.90. The van der Waals surface area contributed by atoms with Gasteiger partial charge in [-0.25, -0.2) is 0 Å². The Hall–Kier alpha value is -0.190. The van der Waals surface area contributed by atoms with Gasteiger partial charge >= 0.3 is 0 Å². The van der Waals surface area contributed by atoms with E-state index in [0.717, 1.165) is 32.6 Å². The second-order valence-corrected chi connectivity index (χ2v) is 4.38. The number of nitrogens with two attached hydrogens (primary N) is 1. The van der Waals surface area contributed by atoms with Crippen LogP contribution in [0, 0.1) is 0 Å². The number of hydrogen-bond acceptors (Lipinski definition) is 3. The summed E-state index contributed by atoms with van der Waals surface area (Å²) in [5.74, 6) is 0. The maximum atomic E-state index is 5.52. The molecule has 1 unspecified atom stereocenters. The lowest BCUT2D eigenvalue weighted by molar-refractivity contribution is 0.121. The summed E-state index contributed by atoms with van der Waals surface area (Å²) in [4.78, 5) is 5.44. The van der Waals surface area contributed by atoms with Gasteiger partial charge in [0.15, 0.2) is 0 Å². The van der Waals surface area contributed by atoms with Crippen LogP contribution in [0.1, 0.15) is 13.3 Å². The van der Waals surface area contributed by atoms with Gasteiger partial charge in [0.25, 0.3) is 0 Å². The third kappa shape index (κ3) is 3.58. The van der Waals surface area contributed by atoms with E-state index in [9.17, 15) is 0 Å². The summed E-state index contributed by atoms with van der Waals surface area (Å²) < 4.78 is 0. The van der Waals surface area contributed by atoms with E-state index < -0.39 is 0 Å². The highest BCUT2D eigenvalue weighted by atomic mass is 32.1. The molecule has 3 nitrogen and oxygen atoms in total. The van der Waals surface area contributed by atoms with Crippen LogP contribution in [0.4, 0.5) is 0 Å². The number of likely N-dealkylation sites (N-methyl/N-ethyl adjacent to an activating group) is 1. The minimum absolute atomic E-state index is 0.506. The van der Waals surface area contributed by atoms with Crippen molar-refractivity contribution in [1.82, 2.24) is 9.80 Å². The summed E-state index contributed by atoms with van der Waals surface area (Å²) in [6, 6.07) is 0.506. The monoisotopic (exact) mass is 201 g/mol. The molecule has 0 spiro atoms. The molecular weight excluding hydrogens is 182 g/mol. The van der Waals surface area contributed by atoms with Gasteiger partial charge in [0, 0.05) is 38.6 Å². The first-order valence-electron chi connectivity index (χ1n) is 4.80. The molecular formula is C9H19N3S. The van der Waals surface area contributed by atoms with Crippen LogP contribution >= 0.6 is 12.2 Å². The van der Waals surface area contributed by atoms with Crippen molar-refractivity contribution in [2.75, 3.05) is 33.2 Å². The summed E-state index contributed by atoms with van der Waals surface area (Å²) in [6.07, 6.45) is 0.846. The fraction of sp³-hybridized carbons (Fsp3) is 0.889. The van der Waals surface area contributed by atoms with Crippen molar-refractivity contribution >= 4 is 17.2 Å². The first kappa shape index (κ1) is 10.9. The highest BCUT2D eigenvalue weighted by molar-refractivity contribution is 7.80. The van der Waals surface area contributed by atoms with Crippen LogP contribution in [0.3, 0.4) is 0 Å². The molecule has 4 heteroatoms. The fourth-order valence-corrected chi connectivity index (χ4v) is 1.92. The summed E-state index contributed by atoms with van der Waals surface area (Å²) in [5.41, 5.74) is 5.52. The standard InChI is InChI=1S/C9H19N3S/c1-8(7-9(10)13)12-5-3-11(2)4-6-12/h8H,3-7H2,1-2H3,(H2,10,13). The Morgan fingerprint density at radius 3 is 2.38 bits per heavy atom. The van der Waals surface area contributed by atoms with Crippen LogP contribution in [0.5, 0.6) is 0 Å². The second-order valence-electron chi connectivity index (χ2n) is 3.86. The van der Waals surface area contributed by atoms with Crippen LogP contribution < -0.4 is 5.73 Å². The zero-order chi connectivity index (χ0) is 9.84. The van der Waals surface area contributed by atoms with Gasteiger partial charge in [0.2, 0.25) is 0 Å². The SMILES string of the molecule is CC(CC(N)=S)N1CCN(C)CC1. The molecule has 1 rings (SSSR count). The van der Waals surface area contributed by atoms with E-state index in [-0.39, 0.29) is 0 Å². The number of nitrogens with zero attached hydrogens (tertiary/aromatic N) is 2. The van der Waals surface area contributed by atoms with E-state index in [1.165, 1.54) is 0 Å². The Labute approximate surface area is 85.9 Å². The van der Waals surface area contributed by atoms with E-state index in [1.54, 1.807) is 0 Å². The average molecular weight is 201 g/mol. The Balaban J connectivity index is 2.31. The molecule has 1 fully saturated rings. The molecule has 0 aliphatic carbocycles. The minimum atomic E-state index is 0.506. The van der Waals surface area contributed by atoms with Crippen molar-refractivity contribution in [3.63, 3.8) is 0 Å². The maximum Gasteiger partial charge on any atom is 0.0742 e. The van der Waals surface area contributed by atoms with Gasteiger partial charge in [-0.3, -0.25) is 4.90 Å². The van der Waals surface area contributed by atoms with Crippen molar-refractivity contribution in [2.24, 2.45) is 5.73 Å². The van der Waals surface area contributed by atoms with Gasteiger partial charge in [-0.1, -0.05) is 12.2 Å². The van der Waals surface area contributed by atoms with Gasteiger partial charge in [0.1, 0.15) is 0 Å². The van der Waals surface area contributed by atoms with Gasteiger partial charge in [0.05, 0.1) is 4.99 Å². The predicted molar refractivity (Wildman–Crippen MR) is 59.9 cm³/mol. The van der Waals surface area contributed by atoms with E-state index in [2.05, 4.69) is 23.8 Å². The number of hydrogen-bond donors (Lipinski definition) is 1. The summed E-state index contributed by atoms with van der Waals surface area (Å²) in [6.45, 7) is 6.79. The molecule has 0 amide bonds. The van der Waals surface area contributed by atoms with Crippen LogP contribution in [0.25, 0.3) is 0 Å². The second kappa shape index (κ2) is 4.88. The van der Waals surface area contributed by atoms with Crippen molar-refractivity contribution < 1.29 is 0 Å². The summed E-state index contributed by atoms with van der Waals surface area (Å²) in [5, 5.41) is 0. The molecule has 1 aliphatic rings. The van der Waals surface area contributed by atoms with Gasteiger partial charge in [-0.2, -0.15) is 0 Å². The van der Waals surface area contributed by atoms with Crippen LogP contribution in [-0.2, 0) is 0 Å². The first-order chi connectivity index (χ1) is 6.09. The van der Waals surface area contributed by atoms with E-state index in [0.29, 0.717) is 11.0 Å². The Morgan fingerprint density at radius 2 is 1.92 bits per heavy atom. The quantitative estimate of drug-likeness (QED) is 0.666. The van der Waals surface area contributed by atoms with Crippen molar-refractivity contribution in [1.29, 1.82) is 0 Å². The zero-order valence-corrected chi connectivity index (χ0v) is 9.31. The molecule has 1 heterocycles. The van der Waals surface area contributed by atoms with Gasteiger partial charge in [-0.15, -0.1) is 0 Å². The Morgan fingerprint density at radius 1 is 1.38 bits per heavy atom. The molecule has 13 heavy (non-hydrogen) atoms. The smallest absolute Gasteiger partial charge is 0.0742 e. The Bertz CT molecular complexity index is 176. The molecule has 0 radical (unpaired) electrons. The zero-order valence-electron chi connectivity index (χ0n) is 8.49. The van der Waals surface area contributed by atoms with Crippen molar-refractivity contribution in [3.8, 4) is 0 Å². The van der Waals surface area contributed by atoms with Gasteiger partial charge in [-0.05, 0) is 14.0 Å². The van der Waals surface area contributed by atoms with Crippen LogP contribution in [0.15, 0.2) is 0 Å². The van der Waals surface area contributed by atoms with Gasteiger partial charge < -0.3 is 10.6 Å². The lowest BCUT2D eigenvalue weighted by Crippen LogP contribution is -2.48. The third-order valence-corrected chi connectivity index (χ3v) is 2.82. The topological polar surface area (TPSA) is 32.5 Å². The molecule has 0 aromatic rings. The normalized spacial score (nSPS) is 22.9. The molecule has 1 saturated heterocycles. The fourth-order valence-electron chi connectivity index (χ4n) is 1.68. The molecule has 1 aliphatic heterocycles. The first-order valence-corrected chi connectivity index (χ1v) is 5.21. The third-order valence-electron chi connectivity index (χ3n) is 2.66. The lowest BCUT2D eigenvalue weighted by Gasteiger charge is -2.36. The van der Waals surface area contributed by atoms with Crippen molar-refractivity contribution in [3.05, 3.63) is 0 Å². The average Bonchev–Trinajstić information content (AvgIpc) is 2.04. The molecule has 0 bridgehead atoms. The van der Waals surface area contributed by atoms with E-state index >= 15 is 0 Å². The van der Waals surface area contributed by atoms with Crippen LogP contribution in [-0.4, -0.2) is 54.1 Å². The highest BCUT2D eigenvalue weighted by Crippen LogP contribution is 2.07. The number of rotatable bonds is 3. The number of piperazine rings is 1. The predicted octanol–water partition coefficient (Wildman–Crippen LogP) is 0.298. The van der Waals surface area contributed by atoms with E-state index in [4.69, 9.17) is 18.0 Å². The largest absolute Gasteiger partial charge is 0.393 e. The van der Waals surface area contributed by atoms with E-state index in [1.807, 2.05) is 0 Å². The molecule has 0 aromatic carbocycles. The minimum Gasteiger partial charge on any atom is -0.393 e. The molecule has 76 valence electrons. The highest BCUT2D eigenvalue weighted by Gasteiger charge is 2.18. The lowest BCUT2D eigenvalue weighted by atomic mass is 10.2. The molecule has 0 saturated carbocycles. The molecule has 2 N–H and O–H groups in total. The number of thiocarbonyl (C=S) groups is 1. The molecule has 0 aromatic heterocycles. The maximum absolute atomic E-state index is 5.52.